The minimum Gasteiger partial charge on any atom is -0.493 e. The van der Waals surface area contributed by atoms with E-state index in [4.69, 9.17) is 9.47 Å². The van der Waals surface area contributed by atoms with Crippen LogP contribution in [0.4, 0.5) is 0 Å². The largest absolute Gasteiger partial charge is 0.493 e. The summed E-state index contributed by atoms with van der Waals surface area (Å²) in [7, 11) is 1.59. The van der Waals surface area contributed by atoms with Crippen molar-refractivity contribution in [3.63, 3.8) is 0 Å². The Balaban J connectivity index is 2.10. The second kappa shape index (κ2) is 8.56. The van der Waals surface area contributed by atoms with E-state index in [0.29, 0.717) is 17.9 Å². The second-order valence-corrected chi connectivity index (χ2v) is 6.26. The molecule has 0 aliphatic rings. The first-order valence-corrected chi connectivity index (χ1v) is 8.63. The molecule has 25 heavy (non-hydrogen) atoms. The molecule has 0 heterocycles. The smallest absolute Gasteiger partial charge is 0.261 e. The quantitative estimate of drug-likeness (QED) is 0.814. The van der Waals surface area contributed by atoms with Crippen molar-refractivity contribution in [1.82, 2.24) is 5.32 Å². The lowest BCUT2D eigenvalue weighted by Crippen LogP contribution is -2.39. The van der Waals surface area contributed by atoms with E-state index in [1.165, 1.54) is 5.56 Å². The zero-order chi connectivity index (χ0) is 18.4. The standard InChI is InChI=1S/C21H27NO3/c1-6-18(25-20-10-8-7-9-19(20)24-5)21(23)22-16(4)17-13-14(2)11-12-15(17)3/h7-13,16,18H,6H2,1-5H3,(H,22,23). The minimum absolute atomic E-state index is 0.0808. The van der Waals surface area contributed by atoms with Crippen LogP contribution in [0.25, 0.3) is 0 Å². The fourth-order valence-corrected chi connectivity index (χ4v) is 2.80. The first-order valence-electron chi connectivity index (χ1n) is 8.63. The summed E-state index contributed by atoms with van der Waals surface area (Å²) in [5, 5.41) is 3.07. The van der Waals surface area contributed by atoms with Gasteiger partial charge in [0.1, 0.15) is 0 Å². The van der Waals surface area contributed by atoms with Crippen LogP contribution in [0.2, 0.25) is 0 Å². The first-order chi connectivity index (χ1) is 12.0. The molecule has 0 radical (unpaired) electrons. The number of para-hydroxylation sites is 2. The molecule has 0 aromatic heterocycles. The maximum Gasteiger partial charge on any atom is 0.261 e. The van der Waals surface area contributed by atoms with Crippen molar-refractivity contribution in [2.45, 2.75) is 46.3 Å². The number of ether oxygens (including phenoxy) is 2. The monoisotopic (exact) mass is 341 g/mol. The molecule has 0 aliphatic carbocycles. The molecule has 4 nitrogen and oxygen atoms in total. The maximum absolute atomic E-state index is 12.7. The Morgan fingerprint density at radius 3 is 2.44 bits per heavy atom. The average Bonchev–Trinajstić information content (AvgIpc) is 2.61. The van der Waals surface area contributed by atoms with E-state index in [2.05, 4.69) is 37.4 Å². The summed E-state index contributed by atoms with van der Waals surface area (Å²) in [6.45, 7) is 8.04. The second-order valence-electron chi connectivity index (χ2n) is 6.26. The summed E-state index contributed by atoms with van der Waals surface area (Å²) >= 11 is 0. The molecule has 1 amide bonds. The fourth-order valence-electron chi connectivity index (χ4n) is 2.80. The van der Waals surface area contributed by atoms with Crippen LogP contribution in [0.1, 0.15) is 43.0 Å². The number of methoxy groups -OCH3 is 1. The molecule has 2 unspecified atom stereocenters. The number of benzene rings is 2. The Morgan fingerprint density at radius 2 is 1.80 bits per heavy atom. The van der Waals surface area contributed by atoms with E-state index in [1.54, 1.807) is 7.11 Å². The maximum atomic E-state index is 12.7. The van der Waals surface area contributed by atoms with Crippen LogP contribution in [-0.2, 0) is 4.79 Å². The molecule has 2 atom stereocenters. The average molecular weight is 341 g/mol. The Morgan fingerprint density at radius 1 is 1.12 bits per heavy atom. The minimum atomic E-state index is -0.566. The van der Waals surface area contributed by atoms with Gasteiger partial charge < -0.3 is 14.8 Å². The van der Waals surface area contributed by atoms with E-state index in [0.717, 1.165) is 11.1 Å². The van der Waals surface area contributed by atoms with Gasteiger partial charge >= 0.3 is 0 Å². The number of hydrogen-bond acceptors (Lipinski definition) is 3. The summed E-state index contributed by atoms with van der Waals surface area (Å²) in [5.41, 5.74) is 3.47. The molecule has 0 saturated heterocycles. The van der Waals surface area contributed by atoms with Gasteiger partial charge in [-0.1, -0.05) is 42.8 Å². The van der Waals surface area contributed by atoms with E-state index >= 15 is 0 Å². The Hall–Kier alpha value is -2.49. The summed E-state index contributed by atoms with van der Waals surface area (Å²) in [5.74, 6) is 1.07. The van der Waals surface area contributed by atoms with Crippen molar-refractivity contribution >= 4 is 5.91 Å². The van der Waals surface area contributed by atoms with E-state index < -0.39 is 6.10 Å². The third-order valence-electron chi connectivity index (χ3n) is 4.26. The van der Waals surface area contributed by atoms with Gasteiger partial charge in [0.2, 0.25) is 0 Å². The molecule has 2 aromatic carbocycles. The van der Waals surface area contributed by atoms with Crippen LogP contribution in [0.3, 0.4) is 0 Å². The number of carbonyl (C=O) groups is 1. The first kappa shape index (κ1) is 18.8. The van der Waals surface area contributed by atoms with Crippen molar-refractivity contribution in [2.75, 3.05) is 7.11 Å². The molecule has 0 spiro atoms. The topological polar surface area (TPSA) is 47.6 Å². The third-order valence-corrected chi connectivity index (χ3v) is 4.26. The Labute approximate surface area is 150 Å². The van der Waals surface area contributed by atoms with Gasteiger partial charge in [0, 0.05) is 0 Å². The van der Waals surface area contributed by atoms with Crippen molar-refractivity contribution in [3.8, 4) is 11.5 Å². The van der Waals surface area contributed by atoms with Crippen LogP contribution >= 0.6 is 0 Å². The van der Waals surface area contributed by atoms with Gasteiger partial charge in [0.25, 0.3) is 5.91 Å². The molecule has 0 bridgehead atoms. The van der Waals surface area contributed by atoms with Crippen molar-refractivity contribution in [3.05, 3.63) is 59.2 Å². The highest BCUT2D eigenvalue weighted by Crippen LogP contribution is 2.27. The molecule has 0 saturated carbocycles. The normalized spacial score (nSPS) is 13.0. The molecular formula is C21H27NO3. The van der Waals surface area contributed by atoms with Crippen LogP contribution < -0.4 is 14.8 Å². The zero-order valence-corrected chi connectivity index (χ0v) is 15.6. The number of rotatable bonds is 7. The van der Waals surface area contributed by atoms with E-state index in [-0.39, 0.29) is 11.9 Å². The van der Waals surface area contributed by atoms with Gasteiger partial charge in [0.15, 0.2) is 17.6 Å². The molecule has 0 aliphatic heterocycles. The molecule has 1 N–H and O–H groups in total. The molecule has 2 aromatic rings. The number of amides is 1. The fraction of sp³-hybridized carbons (Fsp3) is 0.381. The molecule has 2 rings (SSSR count). The third kappa shape index (κ3) is 4.75. The van der Waals surface area contributed by atoms with Crippen LogP contribution in [0.5, 0.6) is 11.5 Å². The van der Waals surface area contributed by atoms with Crippen LogP contribution in [0, 0.1) is 13.8 Å². The highest BCUT2D eigenvalue weighted by atomic mass is 16.5. The number of aryl methyl sites for hydroxylation is 2. The van der Waals surface area contributed by atoms with Crippen molar-refractivity contribution in [2.24, 2.45) is 0 Å². The van der Waals surface area contributed by atoms with Gasteiger partial charge in [-0.15, -0.1) is 0 Å². The van der Waals surface area contributed by atoms with Crippen molar-refractivity contribution in [1.29, 1.82) is 0 Å². The lowest BCUT2D eigenvalue weighted by atomic mass is 10.00. The summed E-state index contributed by atoms with van der Waals surface area (Å²) in [4.78, 5) is 12.7. The number of nitrogens with one attached hydrogen (secondary N) is 1. The van der Waals surface area contributed by atoms with E-state index in [9.17, 15) is 4.79 Å². The predicted octanol–water partition coefficient (Wildman–Crippen LogP) is 4.35. The van der Waals surface area contributed by atoms with Gasteiger partial charge in [-0.2, -0.15) is 0 Å². The summed E-state index contributed by atoms with van der Waals surface area (Å²) in [6.07, 6.45) is 0.00695. The number of carbonyl (C=O) groups excluding carboxylic acids is 1. The van der Waals surface area contributed by atoms with Crippen molar-refractivity contribution < 1.29 is 14.3 Å². The lowest BCUT2D eigenvalue weighted by Gasteiger charge is -2.22. The molecule has 134 valence electrons. The van der Waals surface area contributed by atoms with Crippen LogP contribution in [0.15, 0.2) is 42.5 Å². The molecular weight excluding hydrogens is 314 g/mol. The Bertz CT molecular complexity index is 727. The van der Waals surface area contributed by atoms with Gasteiger partial charge in [0.05, 0.1) is 13.2 Å². The Kier molecular flexibility index (Phi) is 6.45. The van der Waals surface area contributed by atoms with Gasteiger partial charge in [-0.3, -0.25) is 4.79 Å². The molecule has 4 heteroatoms. The van der Waals surface area contributed by atoms with E-state index in [1.807, 2.05) is 38.1 Å². The summed E-state index contributed by atoms with van der Waals surface area (Å²) in [6, 6.07) is 13.5. The highest BCUT2D eigenvalue weighted by Gasteiger charge is 2.22. The predicted molar refractivity (Wildman–Crippen MR) is 100 cm³/mol. The molecule has 0 fully saturated rings. The SMILES string of the molecule is CCC(Oc1ccccc1OC)C(=O)NC(C)c1cc(C)ccc1C. The zero-order valence-electron chi connectivity index (χ0n) is 15.6. The number of hydrogen-bond donors (Lipinski definition) is 1. The van der Waals surface area contributed by atoms with Gasteiger partial charge in [-0.25, -0.2) is 0 Å². The highest BCUT2D eigenvalue weighted by molar-refractivity contribution is 5.81. The van der Waals surface area contributed by atoms with Gasteiger partial charge in [-0.05, 0) is 50.5 Å². The van der Waals surface area contributed by atoms with Crippen LogP contribution in [-0.4, -0.2) is 19.1 Å². The summed E-state index contributed by atoms with van der Waals surface area (Å²) < 4.78 is 11.2. The lowest BCUT2D eigenvalue weighted by molar-refractivity contribution is -0.128.